The molecule has 1 unspecified atom stereocenters. The van der Waals surface area contributed by atoms with E-state index in [2.05, 4.69) is 35.2 Å². The van der Waals surface area contributed by atoms with E-state index in [0.29, 0.717) is 6.54 Å². The largest absolute Gasteiger partial charge is 0.390 e. The van der Waals surface area contributed by atoms with Gasteiger partial charge < -0.3 is 10.4 Å². The molecule has 0 aliphatic carbocycles. The van der Waals surface area contributed by atoms with Gasteiger partial charge in [-0.25, -0.2) is 0 Å². The van der Waals surface area contributed by atoms with E-state index in [1.165, 1.54) is 5.69 Å². The van der Waals surface area contributed by atoms with Crippen molar-refractivity contribution in [1.82, 2.24) is 20.0 Å². The number of hydrogen-bond donors (Lipinski definition) is 2. The van der Waals surface area contributed by atoms with Crippen molar-refractivity contribution in [1.29, 1.82) is 0 Å². The average Bonchev–Trinajstić information content (AvgIpc) is 2.82. The third-order valence-electron chi connectivity index (χ3n) is 3.70. The SMILES string of the molecule is CCc1cc(CC)n(CC(O)CN2CCNCC2)n1. The van der Waals surface area contributed by atoms with Crippen LogP contribution in [0.4, 0.5) is 0 Å². The molecule has 1 fully saturated rings. The zero-order valence-corrected chi connectivity index (χ0v) is 12.1. The Hall–Kier alpha value is -0.910. The molecule has 5 nitrogen and oxygen atoms in total. The van der Waals surface area contributed by atoms with E-state index in [-0.39, 0.29) is 6.10 Å². The van der Waals surface area contributed by atoms with Gasteiger partial charge in [-0.05, 0) is 18.9 Å². The minimum Gasteiger partial charge on any atom is -0.390 e. The summed E-state index contributed by atoms with van der Waals surface area (Å²) in [6, 6.07) is 2.15. The summed E-state index contributed by atoms with van der Waals surface area (Å²) < 4.78 is 1.98. The first-order valence-corrected chi connectivity index (χ1v) is 7.39. The zero-order valence-electron chi connectivity index (χ0n) is 12.1. The van der Waals surface area contributed by atoms with Crippen LogP contribution in [0.25, 0.3) is 0 Å². The summed E-state index contributed by atoms with van der Waals surface area (Å²) in [7, 11) is 0. The molecular formula is C14H26N4O. The molecule has 0 amide bonds. The first-order chi connectivity index (χ1) is 9.22. The molecule has 1 saturated heterocycles. The highest BCUT2D eigenvalue weighted by Gasteiger charge is 2.16. The summed E-state index contributed by atoms with van der Waals surface area (Å²) in [5.74, 6) is 0. The van der Waals surface area contributed by atoms with Crippen LogP contribution in [0.1, 0.15) is 25.2 Å². The van der Waals surface area contributed by atoms with Crippen molar-refractivity contribution in [2.75, 3.05) is 32.7 Å². The number of piperazine rings is 1. The standard InChI is InChI=1S/C14H26N4O/c1-3-12-9-13(4-2)18(16-12)11-14(19)10-17-7-5-15-6-8-17/h9,14-15,19H,3-8,10-11H2,1-2H3. The molecule has 0 spiro atoms. The summed E-state index contributed by atoms with van der Waals surface area (Å²) in [6.45, 7) is 9.69. The van der Waals surface area contributed by atoms with Gasteiger partial charge in [-0.1, -0.05) is 13.8 Å². The first-order valence-electron chi connectivity index (χ1n) is 7.39. The van der Waals surface area contributed by atoms with E-state index in [1.807, 2.05) is 4.68 Å². The lowest BCUT2D eigenvalue weighted by atomic mass is 10.2. The predicted molar refractivity (Wildman–Crippen MR) is 76.3 cm³/mol. The molecule has 1 aliphatic heterocycles. The number of hydrogen-bond acceptors (Lipinski definition) is 4. The average molecular weight is 266 g/mol. The van der Waals surface area contributed by atoms with E-state index in [4.69, 9.17) is 0 Å². The summed E-state index contributed by atoms with van der Waals surface area (Å²) >= 11 is 0. The normalized spacial score (nSPS) is 18.7. The molecule has 2 heterocycles. The van der Waals surface area contributed by atoms with Crippen molar-refractivity contribution in [2.45, 2.75) is 39.3 Å². The van der Waals surface area contributed by atoms with E-state index >= 15 is 0 Å². The van der Waals surface area contributed by atoms with Gasteiger partial charge in [0.05, 0.1) is 18.3 Å². The van der Waals surface area contributed by atoms with E-state index < -0.39 is 0 Å². The Balaban J connectivity index is 1.90. The van der Waals surface area contributed by atoms with Crippen LogP contribution < -0.4 is 5.32 Å². The van der Waals surface area contributed by atoms with Crippen LogP contribution in [-0.2, 0) is 19.4 Å². The summed E-state index contributed by atoms with van der Waals surface area (Å²) in [6.07, 6.45) is 1.58. The number of nitrogens with zero attached hydrogens (tertiary/aromatic N) is 3. The molecule has 1 atom stereocenters. The minimum atomic E-state index is -0.340. The van der Waals surface area contributed by atoms with Gasteiger partial charge in [-0.3, -0.25) is 9.58 Å². The Morgan fingerprint density at radius 2 is 2.00 bits per heavy atom. The fourth-order valence-electron chi connectivity index (χ4n) is 2.58. The fraction of sp³-hybridized carbons (Fsp3) is 0.786. The monoisotopic (exact) mass is 266 g/mol. The second-order valence-electron chi connectivity index (χ2n) is 5.22. The summed E-state index contributed by atoms with van der Waals surface area (Å²) in [4.78, 5) is 2.32. The fourth-order valence-corrected chi connectivity index (χ4v) is 2.58. The van der Waals surface area contributed by atoms with Crippen molar-refractivity contribution < 1.29 is 5.11 Å². The van der Waals surface area contributed by atoms with Crippen molar-refractivity contribution in [3.8, 4) is 0 Å². The molecule has 19 heavy (non-hydrogen) atoms. The Morgan fingerprint density at radius 3 is 2.63 bits per heavy atom. The van der Waals surface area contributed by atoms with Gasteiger partial charge in [-0.15, -0.1) is 0 Å². The van der Waals surface area contributed by atoms with Crippen molar-refractivity contribution in [3.63, 3.8) is 0 Å². The maximum Gasteiger partial charge on any atom is 0.0862 e. The highest BCUT2D eigenvalue weighted by Crippen LogP contribution is 2.08. The molecule has 2 rings (SSSR count). The maximum absolute atomic E-state index is 10.2. The molecular weight excluding hydrogens is 240 g/mol. The molecule has 5 heteroatoms. The summed E-state index contributed by atoms with van der Waals surface area (Å²) in [5, 5.41) is 18.1. The van der Waals surface area contributed by atoms with Gasteiger partial charge >= 0.3 is 0 Å². The van der Waals surface area contributed by atoms with Crippen LogP contribution in [-0.4, -0.2) is 58.6 Å². The predicted octanol–water partition coefficient (Wildman–Crippen LogP) is 0.274. The van der Waals surface area contributed by atoms with Crippen molar-refractivity contribution >= 4 is 0 Å². The Kier molecular flexibility index (Phi) is 5.36. The number of rotatable bonds is 6. The third-order valence-corrected chi connectivity index (χ3v) is 3.70. The van der Waals surface area contributed by atoms with Crippen molar-refractivity contribution in [2.24, 2.45) is 0 Å². The molecule has 0 saturated carbocycles. The lowest BCUT2D eigenvalue weighted by Gasteiger charge is -2.29. The van der Waals surface area contributed by atoms with E-state index in [9.17, 15) is 5.11 Å². The van der Waals surface area contributed by atoms with E-state index in [1.54, 1.807) is 0 Å². The van der Waals surface area contributed by atoms with Crippen LogP contribution in [0.2, 0.25) is 0 Å². The van der Waals surface area contributed by atoms with Crippen LogP contribution in [0.15, 0.2) is 6.07 Å². The van der Waals surface area contributed by atoms with Crippen molar-refractivity contribution in [3.05, 3.63) is 17.5 Å². The van der Waals surface area contributed by atoms with Gasteiger partial charge in [0.1, 0.15) is 0 Å². The molecule has 1 aromatic rings. The topological polar surface area (TPSA) is 53.3 Å². The number of β-amino-alcohol motifs (C(OH)–C–C–N with tert-alkyl or cyclic N) is 1. The molecule has 2 N–H and O–H groups in total. The Bertz CT molecular complexity index is 385. The molecule has 0 aromatic carbocycles. The van der Waals surface area contributed by atoms with Gasteiger partial charge in [0.25, 0.3) is 0 Å². The first kappa shape index (κ1) is 14.5. The molecule has 0 radical (unpaired) electrons. The smallest absolute Gasteiger partial charge is 0.0862 e. The van der Waals surface area contributed by atoms with Crippen LogP contribution in [0.5, 0.6) is 0 Å². The number of aromatic nitrogens is 2. The summed E-state index contributed by atoms with van der Waals surface area (Å²) in [5.41, 5.74) is 2.34. The second kappa shape index (κ2) is 7.03. The maximum atomic E-state index is 10.2. The van der Waals surface area contributed by atoms with E-state index in [0.717, 1.165) is 51.3 Å². The van der Waals surface area contributed by atoms with Crippen LogP contribution >= 0.6 is 0 Å². The lowest BCUT2D eigenvalue weighted by Crippen LogP contribution is -2.47. The zero-order chi connectivity index (χ0) is 13.7. The second-order valence-corrected chi connectivity index (χ2v) is 5.22. The Labute approximate surface area is 115 Å². The quantitative estimate of drug-likeness (QED) is 0.776. The highest BCUT2D eigenvalue weighted by atomic mass is 16.3. The molecule has 0 bridgehead atoms. The minimum absolute atomic E-state index is 0.340. The lowest BCUT2D eigenvalue weighted by molar-refractivity contribution is 0.0881. The van der Waals surface area contributed by atoms with Gasteiger partial charge in [0.2, 0.25) is 0 Å². The molecule has 108 valence electrons. The number of nitrogens with one attached hydrogen (secondary N) is 1. The van der Waals surface area contributed by atoms with Gasteiger partial charge in [0, 0.05) is 38.4 Å². The molecule has 1 aliphatic rings. The highest BCUT2D eigenvalue weighted by molar-refractivity contribution is 5.10. The number of aliphatic hydroxyl groups is 1. The van der Waals surface area contributed by atoms with Crippen LogP contribution in [0, 0.1) is 0 Å². The Morgan fingerprint density at radius 1 is 1.26 bits per heavy atom. The number of aliphatic hydroxyl groups excluding tert-OH is 1. The van der Waals surface area contributed by atoms with Crippen LogP contribution in [0.3, 0.4) is 0 Å². The van der Waals surface area contributed by atoms with Gasteiger partial charge in [0.15, 0.2) is 0 Å². The third kappa shape index (κ3) is 4.03. The van der Waals surface area contributed by atoms with Gasteiger partial charge in [-0.2, -0.15) is 5.10 Å². The number of aryl methyl sites for hydroxylation is 2. The molecule has 1 aromatic heterocycles.